The molecule has 2 heterocycles. The average molecular weight is 327 g/mol. The van der Waals surface area contributed by atoms with E-state index in [9.17, 15) is 4.79 Å². The first-order valence-corrected chi connectivity index (χ1v) is 8.13. The van der Waals surface area contributed by atoms with E-state index in [2.05, 4.69) is 32.1 Å². The van der Waals surface area contributed by atoms with E-state index in [0.29, 0.717) is 5.82 Å². The van der Waals surface area contributed by atoms with Gasteiger partial charge in [0.1, 0.15) is 11.6 Å². The number of rotatable bonds is 4. The van der Waals surface area contributed by atoms with Gasteiger partial charge in [0.05, 0.1) is 11.6 Å². The van der Waals surface area contributed by atoms with Gasteiger partial charge in [0.25, 0.3) is 0 Å². The summed E-state index contributed by atoms with van der Waals surface area (Å²) in [4.78, 5) is 20.1. The topological polar surface area (TPSA) is 71.8 Å². The number of nitrogens with one attached hydrogen (secondary N) is 2. The van der Waals surface area contributed by atoms with Gasteiger partial charge in [0.2, 0.25) is 0 Å². The molecule has 0 bridgehead atoms. The highest BCUT2D eigenvalue weighted by Crippen LogP contribution is 2.21. The summed E-state index contributed by atoms with van der Waals surface area (Å²) in [5, 5.41) is 7.24. The summed E-state index contributed by atoms with van der Waals surface area (Å²) in [5.74, 6) is 1.52. The van der Waals surface area contributed by atoms with Crippen LogP contribution in [-0.4, -0.2) is 20.6 Å². The minimum atomic E-state index is -0.304. The van der Waals surface area contributed by atoms with Crippen molar-refractivity contribution in [3.8, 4) is 0 Å². The van der Waals surface area contributed by atoms with Gasteiger partial charge >= 0.3 is 6.03 Å². The summed E-state index contributed by atoms with van der Waals surface area (Å²) in [7, 11) is 0. The highest BCUT2D eigenvalue weighted by Gasteiger charge is 2.10. The van der Waals surface area contributed by atoms with Gasteiger partial charge in [-0.15, -0.1) is 11.3 Å². The lowest BCUT2D eigenvalue weighted by molar-refractivity contribution is 0.262. The van der Waals surface area contributed by atoms with Crippen molar-refractivity contribution in [3.05, 3.63) is 58.9 Å². The molecule has 0 aliphatic carbocycles. The number of urea groups is 1. The smallest absolute Gasteiger partial charge is 0.324 e. The molecule has 3 aromatic rings. The first kappa shape index (κ1) is 15.2. The second kappa shape index (κ2) is 6.62. The Bertz CT molecular complexity index is 779. The largest absolute Gasteiger partial charge is 0.328 e. The van der Waals surface area contributed by atoms with Gasteiger partial charge in [-0.25, -0.2) is 14.8 Å². The van der Waals surface area contributed by atoms with E-state index in [-0.39, 0.29) is 12.1 Å². The van der Waals surface area contributed by atoms with Crippen molar-refractivity contribution in [2.24, 2.45) is 0 Å². The average Bonchev–Trinajstić information content (AvgIpc) is 3.19. The van der Waals surface area contributed by atoms with Crippen LogP contribution in [0.15, 0.2) is 47.5 Å². The van der Waals surface area contributed by atoms with Gasteiger partial charge in [-0.3, -0.25) is 5.32 Å². The summed E-state index contributed by atoms with van der Waals surface area (Å²) in [6, 6.07) is 7.67. The van der Waals surface area contributed by atoms with Crippen LogP contribution in [-0.2, 0) is 0 Å². The van der Waals surface area contributed by atoms with E-state index in [1.54, 1.807) is 17.1 Å². The first-order chi connectivity index (χ1) is 11.1. The van der Waals surface area contributed by atoms with E-state index >= 15 is 0 Å². The Hall–Kier alpha value is -2.67. The summed E-state index contributed by atoms with van der Waals surface area (Å²) >= 11 is 1.43. The van der Waals surface area contributed by atoms with Crippen LogP contribution in [0.4, 0.5) is 16.3 Å². The number of carbonyl (C=O) groups is 1. The Kier molecular flexibility index (Phi) is 4.38. The Morgan fingerprint density at radius 2 is 2.00 bits per heavy atom. The molecule has 0 fully saturated rings. The number of carbonyl (C=O) groups excluding carboxylic acids is 1. The van der Waals surface area contributed by atoms with E-state index in [4.69, 9.17) is 0 Å². The molecule has 7 heteroatoms. The van der Waals surface area contributed by atoms with Gasteiger partial charge in [-0.05, 0) is 31.5 Å². The molecule has 118 valence electrons. The quantitative estimate of drug-likeness (QED) is 0.763. The number of aromatic nitrogens is 3. The third-order valence-electron chi connectivity index (χ3n) is 3.60. The lowest BCUT2D eigenvalue weighted by Crippen LogP contribution is -2.19. The molecule has 2 N–H and O–H groups in total. The van der Waals surface area contributed by atoms with Crippen molar-refractivity contribution in [2.75, 3.05) is 10.6 Å². The fraction of sp³-hybridized carbons (Fsp3) is 0.188. The van der Waals surface area contributed by atoms with Crippen LogP contribution in [0.1, 0.15) is 24.4 Å². The summed E-state index contributed by atoms with van der Waals surface area (Å²) in [6.45, 7) is 4.10. The number of benzene rings is 1. The van der Waals surface area contributed by atoms with Crippen molar-refractivity contribution in [2.45, 2.75) is 19.9 Å². The zero-order valence-corrected chi connectivity index (χ0v) is 13.7. The molecule has 2 aromatic heterocycles. The number of nitrogens with zero attached hydrogens (tertiary/aromatic N) is 3. The SMILES string of the molecule is Cc1nccn1[C@@H](C)c1ccc(NC(=O)Nc2cscn2)cc1. The van der Waals surface area contributed by atoms with Gasteiger partial charge in [-0.2, -0.15) is 0 Å². The maximum Gasteiger partial charge on any atom is 0.324 e. The number of anilines is 2. The van der Waals surface area contributed by atoms with Crippen LogP contribution < -0.4 is 10.6 Å². The minimum absolute atomic E-state index is 0.190. The monoisotopic (exact) mass is 327 g/mol. The Labute approximate surface area is 138 Å². The molecule has 0 aliphatic heterocycles. The molecule has 0 saturated heterocycles. The van der Waals surface area contributed by atoms with Crippen molar-refractivity contribution < 1.29 is 4.79 Å². The van der Waals surface area contributed by atoms with Crippen LogP contribution >= 0.6 is 11.3 Å². The fourth-order valence-electron chi connectivity index (χ4n) is 2.36. The fourth-order valence-corrected chi connectivity index (χ4v) is 2.84. The van der Waals surface area contributed by atoms with Gasteiger partial charge in [0, 0.05) is 23.5 Å². The van der Waals surface area contributed by atoms with Crippen molar-refractivity contribution in [1.82, 2.24) is 14.5 Å². The Morgan fingerprint density at radius 1 is 1.22 bits per heavy atom. The number of aryl methyl sites for hydroxylation is 1. The second-order valence-corrected chi connectivity index (χ2v) is 5.85. The molecule has 0 saturated carbocycles. The molecular weight excluding hydrogens is 310 g/mol. The van der Waals surface area contributed by atoms with Gasteiger partial charge < -0.3 is 9.88 Å². The molecule has 0 spiro atoms. The molecule has 6 nitrogen and oxygen atoms in total. The Balaban J connectivity index is 1.65. The van der Waals surface area contributed by atoms with E-state index in [1.807, 2.05) is 37.4 Å². The van der Waals surface area contributed by atoms with Crippen LogP contribution in [0.25, 0.3) is 0 Å². The highest BCUT2D eigenvalue weighted by molar-refractivity contribution is 7.07. The Morgan fingerprint density at radius 3 is 2.61 bits per heavy atom. The third kappa shape index (κ3) is 3.57. The zero-order chi connectivity index (χ0) is 16.2. The molecule has 1 aromatic carbocycles. The van der Waals surface area contributed by atoms with Crippen molar-refractivity contribution >= 4 is 28.9 Å². The third-order valence-corrected chi connectivity index (χ3v) is 4.19. The summed E-state index contributed by atoms with van der Waals surface area (Å²) in [5.41, 5.74) is 3.55. The predicted octanol–water partition coefficient (Wildman–Crippen LogP) is 3.90. The highest BCUT2D eigenvalue weighted by atomic mass is 32.1. The molecule has 2 amide bonds. The van der Waals surface area contributed by atoms with Crippen LogP contribution in [0.2, 0.25) is 0 Å². The van der Waals surface area contributed by atoms with Crippen LogP contribution in [0, 0.1) is 6.92 Å². The normalized spacial score (nSPS) is 11.9. The molecule has 3 rings (SSSR count). The predicted molar refractivity (Wildman–Crippen MR) is 92.0 cm³/mol. The molecule has 0 aliphatic rings. The molecule has 23 heavy (non-hydrogen) atoms. The van der Waals surface area contributed by atoms with Crippen LogP contribution in [0.5, 0.6) is 0 Å². The number of thiazole rings is 1. The number of imidazole rings is 1. The maximum absolute atomic E-state index is 11.9. The first-order valence-electron chi connectivity index (χ1n) is 7.19. The van der Waals surface area contributed by atoms with Gasteiger partial charge in [0.15, 0.2) is 0 Å². The summed E-state index contributed by atoms with van der Waals surface area (Å²) < 4.78 is 2.11. The number of hydrogen-bond acceptors (Lipinski definition) is 4. The van der Waals surface area contributed by atoms with Crippen molar-refractivity contribution in [1.29, 1.82) is 0 Å². The van der Waals surface area contributed by atoms with E-state index in [0.717, 1.165) is 17.1 Å². The molecule has 1 atom stereocenters. The number of amides is 2. The lowest BCUT2D eigenvalue weighted by atomic mass is 10.1. The number of hydrogen-bond donors (Lipinski definition) is 2. The van der Waals surface area contributed by atoms with E-state index < -0.39 is 0 Å². The molecular formula is C16H17N5OS. The van der Waals surface area contributed by atoms with Crippen LogP contribution in [0.3, 0.4) is 0 Å². The maximum atomic E-state index is 11.9. The minimum Gasteiger partial charge on any atom is -0.328 e. The molecule has 0 radical (unpaired) electrons. The second-order valence-electron chi connectivity index (χ2n) is 5.13. The molecule has 0 unspecified atom stereocenters. The standard InChI is InChI=1S/C16H17N5OS/c1-11(21-8-7-17-12(21)2)13-3-5-14(6-4-13)19-16(22)20-15-9-23-10-18-15/h3-11H,1-2H3,(H2,19,20,22)/t11-/m0/s1. The van der Waals surface area contributed by atoms with Crippen molar-refractivity contribution in [3.63, 3.8) is 0 Å². The lowest BCUT2D eigenvalue weighted by Gasteiger charge is -2.16. The zero-order valence-electron chi connectivity index (χ0n) is 12.9. The van der Waals surface area contributed by atoms with E-state index in [1.165, 1.54) is 11.3 Å². The summed E-state index contributed by atoms with van der Waals surface area (Å²) in [6.07, 6.45) is 3.76. The van der Waals surface area contributed by atoms with Gasteiger partial charge in [-0.1, -0.05) is 12.1 Å².